The van der Waals surface area contributed by atoms with E-state index in [0.29, 0.717) is 6.71 Å². The molecular formula is C18H27B. The monoisotopic (exact) mass is 254 g/mol. The fraction of sp³-hybridized carbons (Fsp3) is 0.333. The van der Waals surface area contributed by atoms with Crippen molar-refractivity contribution in [2.75, 3.05) is 0 Å². The maximum Gasteiger partial charge on any atom is 0.206 e. The van der Waals surface area contributed by atoms with E-state index in [2.05, 4.69) is 81.3 Å². The highest BCUT2D eigenvalue weighted by Gasteiger charge is 2.10. The molecule has 0 fully saturated rings. The van der Waals surface area contributed by atoms with Crippen LogP contribution in [-0.4, -0.2) is 6.71 Å². The lowest BCUT2D eigenvalue weighted by atomic mass is 9.43. The third kappa shape index (κ3) is 6.86. The minimum atomic E-state index is 0.484. The van der Waals surface area contributed by atoms with Gasteiger partial charge < -0.3 is 0 Å². The van der Waals surface area contributed by atoms with Gasteiger partial charge in [-0.2, -0.15) is 0 Å². The minimum Gasteiger partial charge on any atom is -0.0774 e. The first-order chi connectivity index (χ1) is 9.29. The van der Waals surface area contributed by atoms with E-state index in [1.807, 2.05) is 13.8 Å². The first-order valence-electron chi connectivity index (χ1n) is 7.39. The summed E-state index contributed by atoms with van der Waals surface area (Å²) in [5.41, 5.74) is 2.75. The van der Waals surface area contributed by atoms with Crippen LogP contribution in [0.5, 0.6) is 0 Å². The molecule has 0 aliphatic carbocycles. The molecule has 0 saturated heterocycles. The second-order valence-corrected chi connectivity index (χ2v) is 4.25. The van der Waals surface area contributed by atoms with Gasteiger partial charge in [-0.25, -0.2) is 0 Å². The first-order valence-corrected chi connectivity index (χ1v) is 7.39. The zero-order valence-electron chi connectivity index (χ0n) is 13.1. The van der Waals surface area contributed by atoms with Crippen molar-refractivity contribution in [2.45, 2.75) is 40.9 Å². The molecule has 0 spiro atoms. The van der Waals surface area contributed by atoms with Crippen molar-refractivity contribution in [3.05, 3.63) is 60.7 Å². The Kier molecular flexibility index (Phi) is 10.7. The predicted octanol–water partition coefficient (Wildman–Crippen LogP) is 4.37. The van der Waals surface area contributed by atoms with Crippen LogP contribution >= 0.6 is 0 Å². The van der Waals surface area contributed by atoms with Gasteiger partial charge in [0.05, 0.1) is 0 Å². The van der Waals surface area contributed by atoms with E-state index in [-0.39, 0.29) is 0 Å². The third-order valence-electron chi connectivity index (χ3n) is 2.60. The molecular weight excluding hydrogens is 227 g/mol. The van der Waals surface area contributed by atoms with Gasteiger partial charge >= 0.3 is 0 Å². The minimum absolute atomic E-state index is 0.484. The fourth-order valence-electron chi connectivity index (χ4n) is 1.68. The van der Waals surface area contributed by atoms with E-state index in [1.165, 1.54) is 17.3 Å². The van der Waals surface area contributed by atoms with Crippen LogP contribution in [0.25, 0.3) is 0 Å². The zero-order chi connectivity index (χ0) is 14.5. The van der Waals surface area contributed by atoms with Crippen LogP contribution in [0.1, 0.15) is 34.1 Å². The van der Waals surface area contributed by atoms with E-state index >= 15 is 0 Å². The highest BCUT2D eigenvalue weighted by molar-refractivity contribution is 6.84. The Morgan fingerprint density at radius 3 is 1.21 bits per heavy atom. The molecule has 0 aliphatic heterocycles. The average Bonchev–Trinajstić information content (AvgIpc) is 2.51. The van der Waals surface area contributed by atoms with Crippen molar-refractivity contribution in [2.24, 2.45) is 0 Å². The van der Waals surface area contributed by atoms with Crippen molar-refractivity contribution in [3.8, 4) is 0 Å². The lowest BCUT2D eigenvalue weighted by Gasteiger charge is -2.08. The Morgan fingerprint density at radius 1 is 0.684 bits per heavy atom. The topological polar surface area (TPSA) is 0 Å². The number of rotatable bonds is 2. The van der Waals surface area contributed by atoms with Crippen LogP contribution in [0.4, 0.5) is 0 Å². The molecule has 102 valence electrons. The number of hydrogen-bond donors (Lipinski definition) is 0. The highest BCUT2D eigenvalue weighted by atomic mass is 13.9. The van der Waals surface area contributed by atoms with Gasteiger partial charge in [0.15, 0.2) is 0 Å². The molecule has 2 aromatic carbocycles. The van der Waals surface area contributed by atoms with Crippen molar-refractivity contribution in [3.63, 3.8) is 0 Å². The quantitative estimate of drug-likeness (QED) is 0.698. The Bertz CT molecular complexity index is 355. The number of hydrogen-bond acceptors (Lipinski definition) is 0. The summed E-state index contributed by atoms with van der Waals surface area (Å²) >= 11 is 0. The lowest BCUT2D eigenvalue weighted by Crippen LogP contribution is -2.38. The molecule has 0 saturated carbocycles. The molecule has 1 heteroatoms. The molecule has 0 atom stereocenters. The van der Waals surface area contributed by atoms with E-state index in [9.17, 15) is 0 Å². The van der Waals surface area contributed by atoms with E-state index in [1.54, 1.807) is 0 Å². The SMILES string of the molecule is CB(c1ccccc1)c1ccccc1.CC.CCC. The molecule has 0 aromatic heterocycles. The van der Waals surface area contributed by atoms with Gasteiger partial charge in [-0.1, -0.05) is 113 Å². The molecule has 2 rings (SSSR count). The predicted molar refractivity (Wildman–Crippen MR) is 91.1 cm³/mol. The van der Waals surface area contributed by atoms with Gasteiger partial charge in [-0.3, -0.25) is 0 Å². The molecule has 0 nitrogen and oxygen atoms in total. The Labute approximate surface area is 120 Å². The summed E-state index contributed by atoms with van der Waals surface area (Å²) < 4.78 is 0. The second kappa shape index (κ2) is 11.6. The maximum absolute atomic E-state index is 2.24. The Hall–Kier alpha value is -1.50. The van der Waals surface area contributed by atoms with Gasteiger partial charge in [0.2, 0.25) is 6.71 Å². The summed E-state index contributed by atoms with van der Waals surface area (Å²) in [6.45, 7) is 11.0. The number of benzene rings is 2. The zero-order valence-corrected chi connectivity index (χ0v) is 13.1. The summed E-state index contributed by atoms with van der Waals surface area (Å²) in [4.78, 5) is 0. The Morgan fingerprint density at radius 2 is 0.947 bits per heavy atom. The highest BCUT2D eigenvalue weighted by Crippen LogP contribution is 1.91. The Balaban J connectivity index is 0.000000573. The van der Waals surface area contributed by atoms with Gasteiger partial charge in [0.25, 0.3) is 0 Å². The van der Waals surface area contributed by atoms with Crippen LogP contribution in [0.15, 0.2) is 60.7 Å². The molecule has 0 radical (unpaired) electrons. The van der Waals surface area contributed by atoms with Crippen LogP contribution in [-0.2, 0) is 0 Å². The fourth-order valence-corrected chi connectivity index (χ4v) is 1.68. The second-order valence-electron chi connectivity index (χ2n) is 4.25. The molecule has 0 N–H and O–H groups in total. The lowest BCUT2D eigenvalue weighted by molar-refractivity contribution is 1.09. The van der Waals surface area contributed by atoms with E-state index in [4.69, 9.17) is 0 Å². The molecule has 0 bridgehead atoms. The van der Waals surface area contributed by atoms with Crippen molar-refractivity contribution < 1.29 is 0 Å². The summed E-state index contributed by atoms with van der Waals surface area (Å²) in [7, 11) is 0. The summed E-state index contributed by atoms with van der Waals surface area (Å²) in [5.74, 6) is 0. The molecule has 0 amide bonds. The molecule has 0 unspecified atom stereocenters. The largest absolute Gasteiger partial charge is 0.206 e. The van der Waals surface area contributed by atoms with Crippen molar-refractivity contribution in [1.82, 2.24) is 0 Å². The summed E-state index contributed by atoms with van der Waals surface area (Å²) in [6.07, 6.45) is 1.25. The normalized spacial score (nSPS) is 8.47. The average molecular weight is 254 g/mol. The van der Waals surface area contributed by atoms with Crippen LogP contribution in [0.3, 0.4) is 0 Å². The van der Waals surface area contributed by atoms with Gasteiger partial charge in [-0.05, 0) is 0 Å². The summed E-state index contributed by atoms with van der Waals surface area (Å²) in [5, 5.41) is 0. The van der Waals surface area contributed by atoms with Crippen molar-refractivity contribution in [1.29, 1.82) is 0 Å². The smallest absolute Gasteiger partial charge is 0.0774 e. The van der Waals surface area contributed by atoms with Gasteiger partial charge in [0.1, 0.15) is 0 Å². The van der Waals surface area contributed by atoms with Crippen LogP contribution < -0.4 is 10.9 Å². The molecule has 0 aliphatic rings. The first kappa shape index (κ1) is 17.5. The molecule has 19 heavy (non-hydrogen) atoms. The van der Waals surface area contributed by atoms with Crippen LogP contribution in [0.2, 0.25) is 6.82 Å². The summed E-state index contributed by atoms with van der Waals surface area (Å²) in [6, 6.07) is 21.2. The standard InChI is InChI=1S/C13H13B.C3H8.C2H6/c1-14(12-8-4-2-5-9-12)13-10-6-3-7-11-13;1-3-2;1-2/h2-11H,1H3;3H2,1-2H3;1-2H3. The van der Waals surface area contributed by atoms with E-state index < -0.39 is 0 Å². The maximum atomic E-state index is 2.24. The third-order valence-corrected chi connectivity index (χ3v) is 2.60. The van der Waals surface area contributed by atoms with Gasteiger partial charge in [-0.15, -0.1) is 0 Å². The van der Waals surface area contributed by atoms with Gasteiger partial charge in [0, 0.05) is 0 Å². The van der Waals surface area contributed by atoms with E-state index in [0.717, 1.165) is 0 Å². The van der Waals surface area contributed by atoms with Crippen LogP contribution in [0, 0.1) is 0 Å². The molecule has 0 heterocycles. The molecule has 2 aromatic rings. The van der Waals surface area contributed by atoms with Crippen molar-refractivity contribution >= 4 is 17.6 Å².